The van der Waals surface area contributed by atoms with Gasteiger partial charge in [-0.05, 0) is 18.2 Å². The van der Waals surface area contributed by atoms with E-state index < -0.39 is 11.6 Å². The number of aromatic nitrogens is 5. The van der Waals surface area contributed by atoms with E-state index in [4.69, 9.17) is 4.74 Å². The SMILES string of the molecule is COc1ccc(CSc2n[nH]c(-c3cc(F)cc(F)c3)n2)nn1. The lowest BCUT2D eigenvalue weighted by atomic mass is 10.2. The van der Waals surface area contributed by atoms with Crippen LogP contribution in [0.2, 0.25) is 0 Å². The number of thioether (sulfide) groups is 1. The minimum absolute atomic E-state index is 0.297. The highest BCUT2D eigenvalue weighted by molar-refractivity contribution is 7.98. The van der Waals surface area contributed by atoms with Crippen molar-refractivity contribution in [3.63, 3.8) is 0 Å². The average Bonchev–Trinajstić information content (AvgIpc) is 3.01. The Kier molecular flexibility index (Phi) is 4.47. The molecule has 0 aliphatic rings. The molecule has 3 aromatic rings. The van der Waals surface area contributed by atoms with Gasteiger partial charge in [0, 0.05) is 23.4 Å². The molecule has 1 aromatic carbocycles. The molecule has 0 atom stereocenters. The zero-order valence-electron chi connectivity index (χ0n) is 12.0. The Morgan fingerprint density at radius 2 is 1.91 bits per heavy atom. The van der Waals surface area contributed by atoms with Gasteiger partial charge < -0.3 is 4.74 Å². The molecule has 2 heterocycles. The maximum atomic E-state index is 13.2. The van der Waals surface area contributed by atoms with Gasteiger partial charge in [-0.25, -0.2) is 13.8 Å². The van der Waals surface area contributed by atoms with E-state index in [0.717, 1.165) is 11.8 Å². The molecule has 0 unspecified atom stereocenters. The molecule has 2 aromatic heterocycles. The van der Waals surface area contributed by atoms with Crippen molar-refractivity contribution in [2.45, 2.75) is 10.9 Å². The van der Waals surface area contributed by atoms with Crippen molar-refractivity contribution in [3.8, 4) is 17.3 Å². The van der Waals surface area contributed by atoms with Crippen LogP contribution >= 0.6 is 11.8 Å². The molecule has 0 aliphatic heterocycles. The maximum absolute atomic E-state index is 13.2. The second kappa shape index (κ2) is 6.69. The monoisotopic (exact) mass is 335 g/mol. The van der Waals surface area contributed by atoms with Crippen molar-refractivity contribution in [3.05, 3.63) is 47.7 Å². The quantitative estimate of drug-likeness (QED) is 0.723. The lowest BCUT2D eigenvalue weighted by molar-refractivity contribution is 0.391. The molecule has 1 N–H and O–H groups in total. The molecule has 0 spiro atoms. The fraction of sp³-hybridized carbons (Fsp3) is 0.143. The van der Waals surface area contributed by atoms with Crippen LogP contribution in [0.3, 0.4) is 0 Å². The first-order valence-corrected chi connectivity index (χ1v) is 7.51. The smallest absolute Gasteiger partial charge is 0.233 e. The summed E-state index contributed by atoms with van der Waals surface area (Å²) in [6.45, 7) is 0. The first kappa shape index (κ1) is 15.3. The summed E-state index contributed by atoms with van der Waals surface area (Å²) in [7, 11) is 1.52. The second-order valence-electron chi connectivity index (χ2n) is 4.48. The Labute approximate surface area is 134 Å². The van der Waals surface area contributed by atoms with Crippen molar-refractivity contribution in [2.75, 3.05) is 7.11 Å². The van der Waals surface area contributed by atoms with Crippen molar-refractivity contribution >= 4 is 11.8 Å². The highest BCUT2D eigenvalue weighted by Crippen LogP contribution is 2.23. The van der Waals surface area contributed by atoms with Gasteiger partial charge in [-0.2, -0.15) is 5.10 Å². The first-order chi connectivity index (χ1) is 11.1. The molecular formula is C14H11F2N5OS. The van der Waals surface area contributed by atoms with Gasteiger partial charge in [0.1, 0.15) is 11.6 Å². The summed E-state index contributed by atoms with van der Waals surface area (Å²) in [6, 6.07) is 6.67. The van der Waals surface area contributed by atoms with E-state index >= 15 is 0 Å². The standard InChI is InChI=1S/C14H11F2N5OS/c1-22-12-3-2-11(18-19-12)7-23-14-17-13(20-21-14)8-4-9(15)6-10(16)5-8/h2-6H,7H2,1H3,(H,17,20,21). The third kappa shape index (κ3) is 3.81. The molecule has 3 rings (SSSR count). The fourth-order valence-corrected chi connectivity index (χ4v) is 2.50. The van der Waals surface area contributed by atoms with Crippen molar-refractivity contribution < 1.29 is 13.5 Å². The predicted molar refractivity (Wildman–Crippen MR) is 79.9 cm³/mol. The summed E-state index contributed by atoms with van der Waals surface area (Å²) in [6.07, 6.45) is 0. The first-order valence-electron chi connectivity index (χ1n) is 6.52. The molecule has 6 nitrogen and oxygen atoms in total. The molecule has 0 amide bonds. The Balaban J connectivity index is 1.69. The van der Waals surface area contributed by atoms with Crippen LogP contribution in [0.1, 0.15) is 5.69 Å². The third-order valence-corrected chi connectivity index (χ3v) is 3.74. The van der Waals surface area contributed by atoms with E-state index in [0.29, 0.717) is 28.2 Å². The Bertz CT molecular complexity index is 789. The second-order valence-corrected chi connectivity index (χ2v) is 5.42. The zero-order chi connectivity index (χ0) is 16.2. The van der Waals surface area contributed by atoms with Crippen LogP contribution in [0.5, 0.6) is 5.88 Å². The van der Waals surface area contributed by atoms with Crippen molar-refractivity contribution in [2.24, 2.45) is 0 Å². The maximum Gasteiger partial charge on any atom is 0.233 e. The van der Waals surface area contributed by atoms with Crippen LogP contribution in [-0.2, 0) is 5.75 Å². The molecule has 0 saturated heterocycles. The number of methoxy groups -OCH3 is 1. The number of ether oxygens (including phenoxy) is 1. The zero-order valence-corrected chi connectivity index (χ0v) is 12.8. The molecule has 0 saturated carbocycles. The summed E-state index contributed by atoms with van der Waals surface area (Å²) in [5, 5.41) is 15.0. The minimum Gasteiger partial charge on any atom is -0.480 e. The summed E-state index contributed by atoms with van der Waals surface area (Å²) in [5.74, 6) is -0.0942. The number of hydrogen-bond donors (Lipinski definition) is 1. The van der Waals surface area contributed by atoms with Crippen molar-refractivity contribution in [1.29, 1.82) is 0 Å². The van der Waals surface area contributed by atoms with E-state index in [2.05, 4.69) is 25.4 Å². The number of rotatable bonds is 5. The normalized spacial score (nSPS) is 10.7. The van der Waals surface area contributed by atoms with Gasteiger partial charge in [-0.3, -0.25) is 5.10 Å². The number of nitrogens with one attached hydrogen (secondary N) is 1. The van der Waals surface area contributed by atoms with Crippen LogP contribution < -0.4 is 4.74 Å². The number of benzene rings is 1. The van der Waals surface area contributed by atoms with Gasteiger partial charge in [0.2, 0.25) is 11.0 Å². The van der Waals surface area contributed by atoms with Crippen LogP contribution in [0.4, 0.5) is 8.78 Å². The summed E-state index contributed by atoms with van der Waals surface area (Å²) >= 11 is 1.33. The van der Waals surface area contributed by atoms with Gasteiger partial charge in [-0.15, -0.1) is 10.2 Å². The molecule has 0 radical (unpaired) electrons. The van der Waals surface area contributed by atoms with Gasteiger partial charge in [0.15, 0.2) is 5.82 Å². The molecule has 0 aliphatic carbocycles. The van der Waals surface area contributed by atoms with Crippen LogP contribution in [0.25, 0.3) is 11.4 Å². The lowest BCUT2D eigenvalue weighted by Crippen LogP contribution is -1.94. The summed E-state index contributed by atoms with van der Waals surface area (Å²) in [5.41, 5.74) is 1.03. The highest BCUT2D eigenvalue weighted by Gasteiger charge is 2.10. The van der Waals surface area contributed by atoms with Gasteiger partial charge in [0.05, 0.1) is 12.8 Å². The van der Waals surface area contributed by atoms with E-state index in [1.54, 1.807) is 12.1 Å². The molecule has 0 fully saturated rings. The molecule has 0 bridgehead atoms. The van der Waals surface area contributed by atoms with E-state index in [1.165, 1.54) is 31.0 Å². The number of H-pyrrole nitrogens is 1. The Morgan fingerprint density at radius 1 is 1.13 bits per heavy atom. The number of halogens is 2. The Hall–Kier alpha value is -2.55. The van der Waals surface area contributed by atoms with Crippen LogP contribution in [0, 0.1) is 11.6 Å². The number of hydrogen-bond acceptors (Lipinski definition) is 6. The molecular weight excluding hydrogens is 324 g/mol. The van der Waals surface area contributed by atoms with Gasteiger partial charge in [-0.1, -0.05) is 11.8 Å². The Morgan fingerprint density at radius 3 is 2.57 bits per heavy atom. The van der Waals surface area contributed by atoms with E-state index in [9.17, 15) is 8.78 Å². The highest BCUT2D eigenvalue weighted by atomic mass is 32.2. The number of aromatic amines is 1. The van der Waals surface area contributed by atoms with Crippen LogP contribution in [0.15, 0.2) is 35.5 Å². The lowest BCUT2D eigenvalue weighted by Gasteiger charge is -1.99. The predicted octanol–water partition coefficient (Wildman–Crippen LogP) is 2.84. The largest absolute Gasteiger partial charge is 0.480 e. The molecule has 9 heteroatoms. The van der Waals surface area contributed by atoms with E-state index in [-0.39, 0.29) is 0 Å². The van der Waals surface area contributed by atoms with E-state index in [1.807, 2.05) is 0 Å². The molecule has 23 heavy (non-hydrogen) atoms. The number of nitrogens with zero attached hydrogens (tertiary/aromatic N) is 4. The van der Waals surface area contributed by atoms with Crippen molar-refractivity contribution in [1.82, 2.24) is 25.4 Å². The van der Waals surface area contributed by atoms with Gasteiger partial charge >= 0.3 is 0 Å². The summed E-state index contributed by atoms with van der Waals surface area (Å²) in [4.78, 5) is 4.20. The average molecular weight is 335 g/mol. The minimum atomic E-state index is -0.667. The molecule has 118 valence electrons. The van der Waals surface area contributed by atoms with Gasteiger partial charge in [0.25, 0.3) is 0 Å². The third-order valence-electron chi connectivity index (χ3n) is 2.85. The fourth-order valence-electron chi connectivity index (χ4n) is 1.80. The summed E-state index contributed by atoms with van der Waals surface area (Å²) < 4.78 is 31.4. The van der Waals surface area contributed by atoms with Crippen LogP contribution in [-0.4, -0.2) is 32.5 Å². The topological polar surface area (TPSA) is 76.6 Å².